The maximum absolute atomic E-state index is 10.2. The second kappa shape index (κ2) is 11.2. The Kier molecular flexibility index (Phi) is 7.28. The molecule has 0 bridgehead atoms. The van der Waals surface area contributed by atoms with Gasteiger partial charge >= 0.3 is 0 Å². The number of nitriles is 1. The van der Waals surface area contributed by atoms with E-state index in [2.05, 4.69) is 120 Å². The maximum Gasteiger partial charge on any atom is 0.157 e. The third kappa shape index (κ3) is 4.74. The zero-order valence-corrected chi connectivity index (χ0v) is 23.7. The number of hydrogen-bond acceptors (Lipinski definition) is 4. The molecular formula is C35H37N5. The number of para-hydroxylation sites is 2. The number of aromatic nitrogens is 2. The van der Waals surface area contributed by atoms with Gasteiger partial charge in [0.15, 0.2) is 5.65 Å². The van der Waals surface area contributed by atoms with Gasteiger partial charge in [0.25, 0.3) is 0 Å². The van der Waals surface area contributed by atoms with Crippen LogP contribution in [0.3, 0.4) is 0 Å². The molecule has 5 nitrogen and oxygen atoms in total. The standard InChI is InChI=1S/C35H37N5/c1-25(2)18-19-29-26(3)30(24-36)34-37-31-16-10-11-17-32(31)40(34)35(29)39-22-20-38(21-23-39)33(27-12-6-4-7-13-27)28-14-8-5-9-15-28/h4-17,25,33H,18-23H2,1-3H3. The van der Waals surface area contributed by atoms with Crippen LogP contribution in [-0.2, 0) is 6.42 Å². The topological polar surface area (TPSA) is 47.6 Å². The molecule has 5 heteroatoms. The van der Waals surface area contributed by atoms with Crippen molar-refractivity contribution in [1.82, 2.24) is 14.3 Å². The Bertz CT molecular complexity index is 1620. The van der Waals surface area contributed by atoms with Gasteiger partial charge in [-0.3, -0.25) is 9.30 Å². The molecule has 5 aromatic rings. The molecule has 40 heavy (non-hydrogen) atoms. The molecule has 0 aliphatic carbocycles. The van der Waals surface area contributed by atoms with Gasteiger partial charge in [0.2, 0.25) is 0 Å². The largest absolute Gasteiger partial charge is 0.355 e. The number of anilines is 1. The van der Waals surface area contributed by atoms with Gasteiger partial charge in [0, 0.05) is 26.2 Å². The van der Waals surface area contributed by atoms with Gasteiger partial charge in [-0.25, -0.2) is 4.98 Å². The van der Waals surface area contributed by atoms with Gasteiger partial charge in [-0.05, 0) is 60.1 Å². The number of nitrogens with zero attached hydrogens (tertiary/aromatic N) is 5. The molecule has 1 fully saturated rings. The van der Waals surface area contributed by atoms with Gasteiger partial charge in [0.1, 0.15) is 11.9 Å². The molecule has 1 saturated heterocycles. The third-order valence-corrected chi connectivity index (χ3v) is 8.39. The lowest BCUT2D eigenvalue weighted by Gasteiger charge is -2.41. The first kappa shape index (κ1) is 26.1. The maximum atomic E-state index is 10.2. The van der Waals surface area contributed by atoms with E-state index >= 15 is 0 Å². The fourth-order valence-corrected chi connectivity index (χ4v) is 6.30. The Labute approximate surface area is 237 Å². The van der Waals surface area contributed by atoms with Crippen molar-refractivity contribution in [1.29, 1.82) is 5.26 Å². The number of imidazole rings is 1. The van der Waals surface area contributed by atoms with Gasteiger partial charge < -0.3 is 4.90 Å². The zero-order valence-electron chi connectivity index (χ0n) is 23.7. The van der Waals surface area contributed by atoms with Crippen molar-refractivity contribution in [3.63, 3.8) is 0 Å². The Hall–Kier alpha value is -4.14. The van der Waals surface area contributed by atoms with Crippen molar-refractivity contribution in [2.24, 2.45) is 5.92 Å². The second-order valence-electron chi connectivity index (χ2n) is 11.4. The molecule has 0 amide bonds. The van der Waals surface area contributed by atoms with Crippen LogP contribution in [-0.4, -0.2) is 40.5 Å². The lowest BCUT2D eigenvalue weighted by Crippen LogP contribution is -2.48. The summed E-state index contributed by atoms with van der Waals surface area (Å²) in [6.45, 7) is 10.4. The number of hydrogen-bond donors (Lipinski definition) is 0. The number of benzene rings is 3. The highest BCUT2D eigenvalue weighted by molar-refractivity contribution is 5.86. The molecular weight excluding hydrogens is 490 g/mol. The van der Waals surface area contributed by atoms with Gasteiger partial charge in [-0.1, -0.05) is 86.6 Å². The number of fused-ring (bicyclic) bond motifs is 3. The Morgan fingerprint density at radius 3 is 2.02 bits per heavy atom. The van der Waals surface area contributed by atoms with Crippen LogP contribution >= 0.6 is 0 Å². The molecule has 0 N–H and O–H groups in total. The van der Waals surface area contributed by atoms with Gasteiger partial charge in [0.05, 0.1) is 22.6 Å². The van der Waals surface area contributed by atoms with E-state index in [1.165, 1.54) is 22.5 Å². The van der Waals surface area contributed by atoms with Crippen LogP contribution in [0.2, 0.25) is 0 Å². The molecule has 0 saturated carbocycles. The zero-order chi connectivity index (χ0) is 27.6. The lowest BCUT2D eigenvalue weighted by molar-refractivity contribution is 0.211. The van der Waals surface area contributed by atoms with E-state index in [9.17, 15) is 5.26 Å². The molecule has 3 heterocycles. The summed E-state index contributed by atoms with van der Waals surface area (Å²) >= 11 is 0. The minimum Gasteiger partial charge on any atom is -0.355 e. The average molecular weight is 528 g/mol. The van der Waals surface area contributed by atoms with Crippen molar-refractivity contribution < 1.29 is 0 Å². The van der Waals surface area contributed by atoms with E-state index in [1.54, 1.807) is 0 Å². The predicted octanol–water partition coefficient (Wildman–Crippen LogP) is 7.17. The molecule has 0 atom stereocenters. The Morgan fingerprint density at radius 1 is 0.825 bits per heavy atom. The quantitative estimate of drug-likeness (QED) is 0.225. The van der Waals surface area contributed by atoms with Crippen LogP contribution in [0.25, 0.3) is 16.7 Å². The van der Waals surface area contributed by atoms with Crippen LogP contribution in [0.1, 0.15) is 54.1 Å². The molecule has 0 unspecified atom stereocenters. The third-order valence-electron chi connectivity index (χ3n) is 8.39. The highest BCUT2D eigenvalue weighted by Gasteiger charge is 2.30. The first-order valence-electron chi connectivity index (χ1n) is 14.5. The van der Waals surface area contributed by atoms with Crippen LogP contribution in [0.4, 0.5) is 5.82 Å². The van der Waals surface area contributed by atoms with Crippen molar-refractivity contribution in [2.45, 2.75) is 39.7 Å². The van der Waals surface area contributed by atoms with Crippen LogP contribution in [0, 0.1) is 24.2 Å². The predicted molar refractivity (Wildman–Crippen MR) is 164 cm³/mol. The molecule has 3 aromatic carbocycles. The van der Waals surface area contributed by atoms with E-state index in [0.717, 1.165) is 61.3 Å². The summed E-state index contributed by atoms with van der Waals surface area (Å²) in [7, 11) is 0. The highest BCUT2D eigenvalue weighted by atomic mass is 15.3. The summed E-state index contributed by atoms with van der Waals surface area (Å²) in [6, 6.07) is 32.8. The molecule has 1 aliphatic heterocycles. The summed E-state index contributed by atoms with van der Waals surface area (Å²) in [6.07, 6.45) is 2.04. The fourth-order valence-electron chi connectivity index (χ4n) is 6.30. The van der Waals surface area contributed by atoms with Gasteiger partial charge in [-0.2, -0.15) is 5.26 Å². The van der Waals surface area contributed by atoms with Crippen molar-refractivity contribution >= 4 is 22.5 Å². The van der Waals surface area contributed by atoms with E-state index in [-0.39, 0.29) is 6.04 Å². The number of rotatable bonds is 7. The highest BCUT2D eigenvalue weighted by Crippen LogP contribution is 2.36. The Balaban J connectivity index is 1.42. The van der Waals surface area contributed by atoms with Crippen LogP contribution in [0.15, 0.2) is 84.9 Å². The summed E-state index contributed by atoms with van der Waals surface area (Å²) < 4.78 is 2.28. The molecule has 6 rings (SSSR count). The van der Waals surface area contributed by atoms with E-state index < -0.39 is 0 Å². The summed E-state index contributed by atoms with van der Waals surface area (Å²) in [5.41, 5.74) is 8.51. The molecule has 1 aliphatic rings. The molecule has 0 spiro atoms. The smallest absolute Gasteiger partial charge is 0.157 e. The minimum absolute atomic E-state index is 0.224. The van der Waals surface area contributed by atoms with Crippen LogP contribution < -0.4 is 4.90 Å². The lowest BCUT2D eigenvalue weighted by atomic mass is 9.95. The average Bonchev–Trinajstić information content (AvgIpc) is 3.36. The summed E-state index contributed by atoms with van der Waals surface area (Å²) in [5, 5.41) is 10.2. The molecule has 202 valence electrons. The monoisotopic (exact) mass is 527 g/mol. The fraction of sp³-hybridized carbons (Fsp3) is 0.314. The first-order valence-corrected chi connectivity index (χ1v) is 14.5. The van der Waals surface area contributed by atoms with Crippen molar-refractivity contribution in [2.75, 3.05) is 31.1 Å². The second-order valence-corrected chi connectivity index (χ2v) is 11.4. The number of piperazine rings is 1. The van der Waals surface area contributed by atoms with Gasteiger partial charge in [-0.15, -0.1) is 0 Å². The van der Waals surface area contributed by atoms with Crippen LogP contribution in [0.5, 0.6) is 0 Å². The van der Waals surface area contributed by atoms with Crippen molar-refractivity contribution in [3.8, 4) is 6.07 Å². The van der Waals surface area contributed by atoms with E-state index in [1.807, 2.05) is 6.07 Å². The first-order chi connectivity index (χ1) is 19.6. The number of pyridine rings is 1. The summed E-state index contributed by atoms with van der Waals surface area (Å²) in [4.78, 5) is 10.1. The SMILES string of the molecule is Cc1c(CCC(C)C)c(N2CCN(C(c3ccccc3)c3ccccc3)CC2)n2c(nc3ccccc32)c1C#N. The van der Waals surface area contributed by atoms with E-state index in [4.69, 9.17) is 4.98 Å². The minimum atomic E-state index is 0.224. The van der Waals surface area contributed by atoms with E-state index in [0.29, 0.717) is 11.5 Å². The normalized spacial score (nSPS) is 14.4. The summed E-state index contributed by atoms with van der Waals surface area (Å²) in [5.74, 6) is 1.80. The molecule has 2 aromatic heterocycles. The molecule has 0 radical (unpaired) electrons. The Morgan fingerprint density at radius 2 is 1.43 bits per heavy atom. The van der Waals surface area contributed by atoms with Crippen molar-refractivity contribution in [3.05, 3.63) is 113 Å².